The van der Waals surface area contributed by atoms with E-state index in [0.717, 1.165) is 77.0 Å². The van der Waals surface area contributed by atoms with Gasteiger partial charge in [0.2, 0.25) is 5.91 Å². The van der Waals surface area contributed by atoms with E-state index in [9.17, 15) is 19.8 Å². The third-order valence-corrected chi connectivity index (χ3v) is 12.6. The van der Waals surface area contributed by atoms with Crippen molar-refractivity contribution in [2.45, 2.75) is 302 Å². The minimum atomic E-state index is -0.799. The summed E-state index contributed by atoms with van der Waals surface area (Å²) in [7, 11) is 0. The monoisotopic (exact) mass is 898 g/mol. The lowest BCUT2D eigenvalue weighted by molar-refractivity contribution is -0.151. The molecule has 374 valence electrons. The van der Waals surface area contributed by atoms with Gasteiger partial charge in [-0.25, -0.2) is 0 Å². The molecule has 1 amide bonds. The second kappa shape index (κ2) is 51.8. The predicted molar refractivity (Wildman–Crippen MR) is 278 cm³/mol. The first-order valence-corrected chi connectivity index (χ1v) is 27.9. The summed E-state index contributed by atoms with van der Waals surface area (Å²) in [6.45, 7) is 6.38. The van der Waals surface area contributed by atoms with Crippen molar-refractivity contribution in [3.8, 4) is 0 Å². The lowest BCUT2D eigenvalue weighted by atomic mass is 10.0. The van der Waals surface area contributed by atoms with E-state index in [1.165, 1.54) is 161 Å². The van der Waals surface area contributed by atoms with Crippen molar-refractivity contribution >= 4 is 11.9 Å². The molecule has 0 heterocycles. The molecule has 0 fully saturated rings. The van der Waals surface area contributed by atoms with Gasteiger partial charge in [-0.1, -0.05) is 236 Å². The molecule has 0 radical (unpaired) electrons. The third kappa shape index (κ3) is 46.4. The Hall–Kier alpha value is -2.18. The van der Waals surface area contributed by atoms with Gasteiger partial charge in [-0.3, -0.25) is 9.59 Å². The van der Waals surface area contributed by atoms with Gasteiger partial charge in [0, 0.05) is 6.42 Å². The Morgan fingerprint density at radius 2 is 0.844 bits per heavy atom. The molecule has 6 nitrogen and oxygen atoms in total. The Bertz CT molecular complexity index is 1100. The number of carbonyl (C=O) groups excluding carboxylic acids is 2. The highest BCUT2D eigenvalue weighted by atomic mass is 16.5. The number of ether oxygens (including phenoxy) is 1. The van der Waals surface area contributed by atoms with E-state index in [2.05, 4.69) is 74.7 Å². The minimum absolute atomic E-state index is 0.0509. The first kappa shape index (κ1) is 61.8. The molecule has 0 aliphatic heterocycles. The summed E-state index contributed by atoms with van der Waals surface area (Å²) in [5.41, 5.74) is 0. The smallest absolute Gasteiger partial charge is 0.306 e. The van der Waals surface area contributed by atoms with Crippen LogP contribution in [0.15, 0.2) is 48.6 Å². The normalized spacial score (nSPS) is 13.5. The molecule has 0 bridgehead atoms. The van der Waals surface area contributed by atoms with Gasteiger partial charge in [-0.2, -0.15) is 0 Å². The predicted octanol–water partition coefficient (Wildman–Crippen LogP) is 17.0. The number of esters is 1. The van der Waals surface area contributed by atoms with Crippen molar-refractivity contribution in [2.24, 2.45) is 0 Å². The van der Waals surface area contributed by atoms with Crippen LogP contribution in [-0.4, -0.2) is 46.9 Å². The molecule has 0 aromatic carbocycles. The summed E-state index contributed by atoms with van der Waals surface area (Å²) in [6, 6.07) is -0.714. The Morgan fingerprint density at radius 3 is 1.31 bits per heavy atom. The molecule has 0 aliphatic rings. The summed E-state index contributed by atoms with van der Waals surface area (Å²) < 4.78 is 5.93. The molecule has 3 N–H and O–H groups in total. The van der Waals surface area contributed by atoms with Gasteiger partial charge in [0.25, 0.3) is 0 Å². The molecule has 0 aromatic rings. The molecule has 0 saturated heterocycles. The summed E-state index contributed by atoms with van der Waals surface area (Å²) >= 11 is 0. The van der Waals surface area contributed by atoms with Crippen LogP contribution in [0, 0.1) is 0 Å². The molecule has 0 spiro atoms. The average molecular weight is 898 g/mol. The standard InChI is InChI=1S/C58H107NO5/c1-4-7-10-13-16-19-22-25-27-29-31-33-36-39-42-45-48-51-58(63)64-54(49-46-43-40-37-34-24-21-18-15-12-9-6-3)52-57(62)59-55(53-60)56(61)50-47-44-41-38-35-32-30-28-26-23-20-17-14-11-8-5-2/h9,12,18,21,25,27,34,37,54-56,60-61H,4-8,10-11,13-17,19-20,22-24,26,28-33,35-36,38-53H2,1-3H3,(H,59,62)/b12-9+,21-18+,27-25+,37-34+. The van der Waals surface area contributed by atoms with Crippen LogP contribution in [0.25, 0.3) is 0 Å². The third-order valence-electron chi connectivity index (χ3n) is 12.6. The molecule has 0 saturated carbocycles. The van der Waals surface area contributed by atoms with Crippen LogP contribution in [0.5, 0.6) is 0 Å². The van der Waals surface area contributed by atoms with E-state index in [1.54, 1.807) is 0 Å². The number of allylic oxidation sites excluding steroid dienone is 8. The zero-order chi connectivity index (χ0) is 46.7. The molecule has 0 aliphatic carbocycles. The van der Waals surface area contributed by atoms with Gasteiger partial charge in [0.05, 0.1) is 25.2 Å². The molecule has 0 rings (SSSR count). The van der Waals surface area contributed by atoms with Crippen LogP contribution in [0.3, 0.4) is 0 Å². The maximum absolute atomic E-state index is 13.2. The number of rotatable bonds is 50. The largest absolute Gasteiger partial charge is 0.462 e. The van der Waals surface area contributed by atoms with Crippen molar-refractivity contribution < 1.29 is 24.5 Å². The quantitative estimate of drug-likeness (QED) is 0.0321. The highest BCUT2D eigenvalue weighted by Crippen LogP contribution is 2.18. The lowest BCUT2D eigenvalue weighted by Crippen LogP contribution is -2.46. The van der Waals surface area contributed by atoms with E-state index in [-0.39, 0.29) is 24.9 Å². The summed E-state index contributed by atoms with van der Waals surface area (Å²) in [4.78, 5) is 26.2. The highest BCUT2D eigenvalue weighted by molar-refractivity contribution is 5.77. The first-order chi connectivity index (χ1) is 31.5. The van der Waals surface area contributed by atoms with Crippen LogP contribution in [0.1, 0.15) is 284 Å². The number of carbonyl (C=O) groups is 2. The number of nitrogens with one attached hydrogen (secondary N) is 1. The summed E-state index contributed by atoms with van der Waals surface area (Å²) in [5.74, 6) is -0.509. The number of unbranched alkanes of at least 4 members (excludes halogenated alkanes) is 30. The second-order valence-corrected chi connectivity index (χ2v) is 19.0. The van der Waals surface area contributed by atoms with Gasteiger partial charge in [0.1, 0.15) is 6.10 Å². The first-order valence-electron chi connectivity index (χ1n) is 27.9. The van der Waals surface area contributed by atoms with Crippen LogP contribution < -0.4 is 5.32 Å². The molecular weight excluding hydrogens is 791 g/mol. The summed E-state index contributed by atoms with van der Waals surface area (Å²) in [6.07, 6.45) is 63.2. The molecular formula is C58H107NO5. The van der Waals surface area contributed by atoms with E-state index in [1.807, 2.05) is 0 Å². The topological polar surface area (TPSA) is 95.9 Å². The Kier molecular flexibility index (Phi) is 50.0. The number of hydrogen-bond acceptors (Lipinski definition) is 5. The van der Waals surface area contributed by atoms with E-state index in [4.69, 9.17) is 4.74 Å². The highest BCUT2D eigenvalue weighted by Gasteiger charge is 2.24. The van der Waals surface area contributed by atoms with Gasteiger partial charge in [0.15, 0.2) is 0 Å². The molecule has 64 heavy (non-hydrogen) atoms. The van der Waals surface area contributed by atoms with Crippen LogP contribution >= 0.6 is 0 Å². The van der Waals surface area contributed by atoms with Crippen molar-refractivity contribution in [3.63, 3.8) is 0 Å². The number of aliphatic hydroxyl groups is 2. The SMILES string of the molecule is CC/C=C/C/C=C/C/C=C/CCCCC(CC(=O)NC(CO)C(O)CCCCCCCCCCCCCCCCCC)OC(=O)CCCCCCCCC/C=C/CCCCCCCC. The zero-order valence-corrected chi connectivity index (χ0v) is 42.7. The Balaban J connectivity index is 4.52. The summed E-state index contributed by atoms with van der Waals surface area (Å²) in [5, 5.41) is 23.8. The maximum Gasteiger partial charge on any atom is 0.306 e. The molecule has 0 aromatic heterocycles. The van der Waals surface area contributed by atoms with Crippen molar-refractivity contribution in [1.29, 1.82) is 0 Å². The van der Waals surface area contributed by atoms with Gasteiger partial charge in [-0.05, 0) is 83.5 Å². The van der Waals surface area contributed by atoms with Gasteiger partial charge >= 0.3 is 5.97 Å². The number of aliphatic hydroxyl groups excluding tert-OH is 2. The lowest BCUT2D eigenvalue weighted by Gasteiger charge is -2.24. The number of amides is 1. The van der Waals surface area contributed by atoms with Gasteiger partial charge < -0.3 is 20.3 Å². The van der Waals surface area contributed by atoms with Crippen molar-refractivity contribution in [1.82, 2.24) is 5.32 Å². The Labute approximate surface area is 397 Å². The second-order valence-electron chi connectivity index (χ2n) is 19.0. The van der Waals surface area contributed by atoms with Crippen LogP contribution in [-0.2, 0) is 14.3 Å². The van der Waals surface area contributed by atoms with Crippen molar-refractivity contribution in [2.75, 3.05) is 6.61 Å². The van der Waals surface area contributed by atoms with Crippen LogP contribution in [0.2, 0.25) is 0 Å². The van der Waals surface area contributed by atoms with Crippen LogP contribution in [0.4, 0.5) is 0 Å². The van der Waals surface area contributed by atoms with Crippen molar-refractivity contribution in [3.05, 3.63) is 48.6 Å². The van der Waals surface area contributed by atoms with Gasteiger partial charge in [-0.15, -0.1) is 0 Å². The zero-order valence-electron chi connectivity index (χ0n) is 42.7. The molecule has 6 heteroatoms. The van der Waals surface area contributed by atoms with E-state index < -0.39 is 18.2 Å². The molecule has 3 atom stereocenters. The fraction of sp³-hybridized carbons (Fsp3) is 0.828. The molecule has 3 unspecified atom stereocenters. The fourth-order valence-electron chi connectivity index (χ4n) is 8.44. The van der Waals surface area contributed by atoms with E-state index >= 15 is 0 Å². The average Bonchev–Trinajstić information content (AvgIpc) is 3.29. The minimum Gasteiger partial charge on any atom is -0.462 e. The number of hydrogen-bond donors (Lipinski definition) is 3. The fourth-order valence-corrected chi connectivity index (χ4v) is 8.44. The van der Waals surface area contributed by atoms with E-state index in [0.29, 0.717) is 19.3 Å². The Morgan fingerprint density at radius 1 is 0.469 bits per heavy atom. The maximum atomic E-state index is 13.2.